The molecule has 0 aliphatic carbocycles. The average Bonchev–Trinajstić information content (AvgIpc) is 2.60. The lowest BCUT2D eigenvalue weighted by Crippen LogP contribution is -2.09. The summed E-state index contributed by atoms with van der Waals surface area (Å²) >= 11 is 2.08. The quantitative estimate of drug-likeness (QED) is 0.670. The van der Waals surface area contributed by atoms with Crippen LogP contribution in [0.5, 0.6) is 0 Å². The van der Waals surface area contributed by atoms with Crippen molar-refractivity contribution in [3.8, 4) is 0 Å². The van der Waals surface area contributed by atoms with Gasteiger partial charge < -0.3 is 0 Å². The summed E-state index contributed by atoms with van der Waals surface area (Å²) in [6, 6.07) is 1.99. The number of nitrogens with zero attached hydrogens (tertiary/aromatic N) is 2. The van der Waals surface area contributed by atoms with E-state index in [-0.39, 0.29) is 0 Å². The van der Waals surface area contributed by atoms with Crippen molar-refractivity contribution in [3.05, 3.63) is 18.5 Å². The Balaban J connectivity index is 1.90. The highest BCUT2D eigenvalue weighted by Gasteiger charge is 2.15. The molecule has 2 heterocycles. The monoisotopic (exact) mass is 168 g/mol. The standard InChI is InChI=1S/C8H12N2S/c1-3-8(11-6-1)7-10-5-2-4-9-10/h2,4-5,8H,1,3,6-7H2. The van der Waals surface area contributed by atoms with Crippen LogP contribution in [0, 0.1) is 0 Å². The summed E-state index contributed by atoms with van der Waals surface area (Å²) in [5.74, 6) is 1.34. The highest BCUT2D eigenvalue weighted by Crippen LogP contribution is 2.26. The molecular formula is C8H12N2S. The van der Waals surface area contributed by atoms with E-state index in [2.05, 4.69) is 16.9 Å². The zero-order valence-electron chi connectivity index (χ0n) is 6.44. The molecule has 1 aliphatic heterocycles. The summed E-state index contributed by atoms with van der Waals surface area (Å²) in [6.07, 6.45) is 6.64. The first-order chi connectivity index (χ1) is 5.45. The molecule has 2 nitrogen and oxygen atoms in total. The summed E-state index contributed by atoms with van der Waals surface area (Å²) in [5, 5.41) is 5.00. The molecule has 0 aromatic carbocycles. The molecule has 1 atom stereocenters. The lowest BCUT2D eigenvalue weighted by Gasteiger charge is -2.07. The van der Waals surface area contributed by atoms with Gasteiger partial charge in [-0.1, -0.05) is 0 Å². The van der Waals surface area contributed by atoms with Crippen LogP contribution in [0.2, 0.25) is 0 Å². The van der Waals surface area contributed by atoms with Crippen molar-refractivity contribution in [2.75, 3.05) is 5.75 Å². The second-order valence-electron chi connectivity index (χ2n) is 2.86. The van der Waals surface area contributed by atoms with Crippen molar-refractivity contribution in [2.45, 2.75) is 24.6 Å². The van der Waals surface area contributed by atoms with Gasteiger partial charge in [0.05, 0.1) is 6.54 Å². The van der Waals surface area contributed by atoms with Gasteiger partial charge in [-0.15, -0.1) is 0 Å². The van der Waals surface area contributed by atoms with Gasteiger partial charge in [0.25, 0.3) is 0 Å². The molecule has 1 aliphatic rings. The van der Waals surface area contributed by atoms with Crippen LogP contribution >= 0.6 is 11.8 Å². The largest absolute Gasteiger partial charge is 0.272 e. The number of aromatic nitrogens is 2. The lowest BCUT2D eigenvalue weighted by atomic mass is 10.2. The molecule has 3 heteroatoms. The van der Waals surface area contributed by atoms with Gasteiger partial charge >= 0.3 is 0 Å². The Hall–Kier alpha value is -0.440. The molecule has 1 aromatic heterocycles. The van der Waals surface area contributed by atoms with Crippen molar-refractivity contribution in [3.63, 3.8) is 0 Å². The molecule has 0 N–H and O–H groups in total. The molecule has 0 spiro atoms. The van der Waals surface area contributed by atoms with E-state index in [4.69, 9.17) is 0 Å². The summed E-state index contributed by atoms with van der Waals surface area (Å²) in [4.78, 5) is 0. The Morgan fingerprint density at radius 2 is 2.64 bits per heavy atom. The molecule has 0 saturated carbocycles. The maximum absolute atomic E-state index is 4.18. The molecular weight excluding hydrogens is 156 g/mol. The molecule has 11 heavy (non-hydrogen) atoms. The molecule has 1 aromatic rings. The van der Waals surface area contributed by atoms with E-state index >= 15 is 0 Å². The van der Waals surface area contributed by atoms with E-state index in [0.29, 0.717) is 0 Å². The van der Waals surface area contributed by atoms with Gasteiger partial charge in [-0.05, 0) is 24.7 Å². The molecule has 0 amide bonds. The summed E-state index contributed by atoms with van der Waals surface area (Å²) in [7, 11) is 0. The van der Waals surface area contributed by atoms with E-state index < -0.39 is 0 Å². The summed E-state index contributed by atoms with van der Waals surface area (Å²) < 4.78 is 2.03. The topological polar surface area (TPSA) is 17.8 Å². The predicted octanol–water partition coefficient (Wildman–Crippen LogP) is 1.78. The van der Waals surface area contributed by atoms with Crippen LogP contribution < -0.4 is 0 Å². The van der Waals surface area contributed by atoms with Crippen molar-refractivity contribution in [2.24, 2.45) is 0 Å². The van der Waals surface area contributed by atoms with Gasteiger partial charge in [0.1, 0.15) is 0 Å². The zero-order valence-corrected chi connectivity index (χ0v) is 7.26. The highest BCUT2D eigenvalue weighted by molar-refractivity contribution is 8.00. The Morgan fingerprint density at radius 1 is 1.64 bits per heavy atom. The van der Waals surface area contributed by atoms with Crippen LogP contribution in [0.1, 0.15) is 12.8 Å². The van der Waals surface area contributed by atoms with E-state index in [0.717, 1.165) is 11.8 Å². The van der Waals surface area contributed by atoms with E-state index in [1.54, 1.807) is 0 Å². The fraction of sp³-hybridized carbons (Fsp3) is 0.625. The molecule has 0 radical (unpaired) electrons. The van der Waals surface area contributed by atoms with Crippen molar-refractivity contribution < 1.29 is 0 Å². The third-order valence-corrected chi connectivity index (χ3v) is 3.35. The zero-order chi connectivity index (χ0) is 7.52. The van der Waals surface area contributed by atoms with E-state index in [1.165, 1.54) is 18.6 Å². The van der Waals surface area contributed by atoms with Gasteiger partial charge in [-0.3, -0.25) is 4.68 Å². The Bertz CT molecular complexity index is 202. The summed E-state index contributed by atoms with van der Waals surface area (Å²) in [5.41, 5.74) is 0. The molecule has 60 valence electrons. The molecule has 1 unspecified atom stereocenters. The molecule has 2 rings (SSSR count). The minimum atomic E-state index is 0.815. The fourth-order valence-corrected chi connectivity index (χ4v) is 2.66. The first-order valence-electron chi connectivity index (χ1n) is 4.04. The van der Waals surface area contributed by atoms with Crippen LogP contribution in [0.4, 0.5) is 0 Å². The van der Waals surface area contributed by atoms with Crippen LogP contribution in [-0.4, -0.2) is 20.8 Å². The third-order valence-electron chi connectivity index (χ3n) is 1.97. The van der Waals surface area contributed by atoms with E-state index in [1.807, 2.05) is 23.1 Å². The van der Waals surface area contributed by atoms with Gasteiger partial charge in [0.15, 0.2) is 0 Å². The number of hydrogen-bond acceptors (Lipinski definition) is 2. The number of rotatable bonds is 2. The van der Waals surface area contributed by atoms with Crippen LogP contribution in [0.25, 0.3) is 0 Å². The third kappa shape index (κ3) is 1.77. The SMILES string of the molecule is c1cnn(CC2CCCS2)c1. The molecule has 1 saturated heterocycles. The minimum Gasteiger partial charge on any atom is -0.272 e. The maximum Gasteiger partial charge on any atom is 0.0528 e. The first-order valence-corrected chi connectivity index (χ1v) is 5.09. The normalized spacial score (nSPS) is 24.2. The number of hydrogen-bond donors (Lipinski definition) is 0. The van der Waals surface area contributed by atoms with Gasteiger partial charge in [-0.25, -0.2) is 0 Å². The van der Waals surface area contributed by atoms with Crippen molar-refractivity contribution >= 4 is 11.8 Å². The maximum atomic E-state index is 4.18. The minimum absolute atomic E-state index is 0.815. The Kier molecular flexibility index (Phi) is 2.17. The van der Waals surface area contributed by atoms with Crippen LogP contribution in [0.3, 0.4) is 0 Å². The lowest BCUT2D eigenvalue weighted by molar-refractivity contribution is 0.579. The van der Waals surface area contributed by atoms with Crippen molar-refractivity contribution in [1.82, 2.24) is 9.78 Å². The Labute approximate surface area is 71.0 Å². The first kappa shape index (κ1) is 7.22. The van der Waals surface area contributed by atoms with Crippen molar-refractivity contribution in [1.29, 1.82) is 0 Å². The van der Waals surface area contributed by atoms with E-state index in [9.17, 15) is 0 Å². The van der Waals surface area contributed by atoms with Gasteiger partial charge in [0.2, 0.25) is 0 Å². The van der Waals surface area contributed by atoms with Gasteiger partial charge in [-0.2, -0.15) is 16.9 Å². The summed E-state index contributed by atoms with van der Waals surface area (Å²) in [6.45, 7) is 1.09. The fourth-order valence-electron chi connectivity index (χ4n) is 1.41. The molecule has 1 fully saturated rings. The average molecular weight is 168 g/mol. The second kappa shape index (κ2) is 3.30. The van der Waals surface area contributed by atoms with Crippen LogP contribution in [-0.2, 0) is 6.54 Å². The second-order valence-corrected chi connectivity index (χ2v) is 4.27. The Morgan fingerprint density at radius 3 is 3.27 bits per heavy atom. The van der Waals surface area contributed by atoms with Gasteiger partial charge in [0, 0.05) is 17.6 Å². The molecule has 0 bridgehead atoms. The number of thioether (sulfide) groups is 1. The smallest absolute Gasteiger partial charge is 0.0528 e. The van der Waals surface area contributed by atoms with Crippen LogP contribution in [0.15, 0.2) is 18.5 Å². The highest BCUT2D eigenvalue weighted by atomic mass is 32.2. The predicted molar refractivity (Wildman–Crippen MR) is 47.7 cm³/mol.